The minimum atomic E-state index is -2.79. The summed E-state index contributed by atoms with van der Waals surface area (Å²) in [6.07, 6.45) is 6.05. The maximum atomic E-state index is 14.4. The van der Waals surface area contributed by atoms with Gasteiger partial charge in [-0.15, -0.1) is 0 Å². The van der Waals surface area contributed by atoms with Gasteiger partial charge in [-0.05, 0) is 83.5 Å². The Labute approximate surface area is 245 Å². The van der Waals surface area contributed by atoms with Gasteiger partial charge in [-0.25, -0.2) is 0 Å². The molecule has 3 N–H and O–H groups in total. The summed E-state index contributed by atoms with van der Waals surface area (Å²) in [6.45, 7) is 12.3. The van der Waals surface area contributed by atoms with Gasteiger partial charge in [-0.3, -0.25) is 9.59 Å². The molecule has 4 rings (SSSR count). The molecule has 8 heteroatoms. The van der Waals surface area contributed by atoms with Crippen molar-refractivity contribution in [1.29, 1.82) is 0 Å². The third kappa shape index (κ3) is 6.26. The van der Waals surface area contributed by atoms with Crippen molar-refractivity contribution >= 4 is 31.5 Å². The SMILES string of the molecule is CC(C)=CCC/C(C)=C/CN1C(=O)[C@@]2(O[C@@H](CCO)[C@H]([Si](C)(C)O)[C@H]2C)c2cc(NC(=O)c3ccccc3)ccc21. The highest BCUT2D eigenvalue weighted by atomic mass is 28.4. The van der Waals surface area contributed by atoms with E-state index in [1.54, 1.807) is 17.0 Å². The quantitative estimate of drug-likeness (QED) is 0.232. The van der Waals surface area contributed by atoms with Crippen LogP contribution in [0.2, 0.25) is 18.6 Å². The summed E-state index contributed by atoms with van der Waals surface area (Å²) in [5, 5.41) is 12.8. The van der Waals surface area contributed by atoms with Crippen molar-refractivity contribution in [2.75, 3.05) is 23.4 Å². The monoisotopic (exact) mass is 576 g/mol. The maximum absolute atomic E-state index is 14.4. The zero-order valence-corrected chi connectivity index (χ0v) is 26.1. The van der Waals surface area contributed by atoms with Crippen LogP contribution in [0.25, 0.3) is 0 Å². The molecule has 0 radical (unpaired) electrons. The van der Waals surface area contributed by atoms with Gasteiger partial charge >= 0.3 is 0 Å². The molecular weight excluding hydrogens is 532 g/mol. The number of hydrogen-bond donors (Lipinski definition) is 3. The smallest absolute Gasteiger partial charge is 0.264 e. The van der Waals surface area contributed by atoms with E-state index in [4.69, 9.17) is 4.74 Å². The van der Waals surface area contributed by atoms with Crippen molar-refractivity contribution in [3.63, 3.8) is 0 Å². The van der Waals surface area contributed by atoms with E-state index in [1.807, 2.05) is 56.4 Å². The number of ether oxygens (including phenoxy) is 1. The Balaban J connectivity index is 1.74. The lowest BCUT2D eigenvalue weighted by atomic mass is 9.82. The summed E-state index contributed by atoms with van der Waals surface area (Å²) < 4.78 is 6.70. The summed E-state index contributed by atoms with van der Waals surface area (Å²) in [5.74, 6) is -0.732. The topological polar surface area (TPSA) is 99.1 Å². The van der Waals surface area contributed by atoms with Crippen LogP contribution in [0.5, 0.6) is 0 Å². The Morgan fingerprint density at radius 3 is 2.46 bits per heavy atom. The molecule has 4 atom stereocenters. The molecule has 0 aliphatic carbocycles. The molecule has 1 fully saturated rings. The summed E-state index contributed by atoms with van der Waals surface area (Å²) in [7, 11) is -2.79. The molecule has 0 bridgehead atoms. The highest BCUT2D eigenvalue weighted by molar-refractivity contribution is 6.71. The fraction of sp³-hybridized carbons (Fsp3) is 0.455. The largest absolute Gasteiger partial charge is 0.432 e. The van der Waals surface area contributed by atoms with Crippen molar-refractivity contribution in [1.82, 2.24) is 0 Å². The fourth-order valence-corrected chi connectivity index (χ4v) is 9.07. The lowest BCUT2D eigenvalue weighted by molar-refractivity contribution is -0.146. The van der Waals surface area contributed by atoms with Crippen molar-refractivity contribution in [2.45, 2.75) is 77.3 Å². The minimum absolute atomic E-state index is 0.0972. The second-order valence-electron chi connectivity index (χ2n) is 12.2. The molecule has 2 aliphatic rings. The molecular formula is C33H44N2O5Si. The van der Waals surface area contributed by atoms with E-state index in [2.05, 4.69) is 38.2 Å². The molecule has 0 saturated carbocycles. The summed E-state index contributed by atoms with van der Waals surface area (Å²) in [4.78, 5) is 40.5. The highest BCUT2D eigenvalue weighted by Crippen LogP contribution is 2.59. The van der Waals surface area contributed by atoms with Crippen molar-refractivity contribution < 1.29 is 24.2 Å². The van der Waals surface area contributed by atoms with E-state index in [0.29, 0.717) is 29.8 Å². The van der Waals surface area contributed by atoms with Gasteiger partial charge in [-0.1, -0.05) is 48.4 Å². The number of benzene rings is 2. The fourth-order valence-electron chi connectivity index (χ4n) is 6.46. The molecule has 1 spiro atoms. The highest BCUT2D eigenvalue weighted by Gasteiger charge is 2.66. The molecule has 2 amide bonds. The number of carbonyl (C=O) groups is 2. The number of nitrogens with zero attached hydrogens (tertiary/aromatic N) is 1. The molecule has 2 heterocycles. The first-order valence-corrected chi connectivity index (χ1v) is 17.6. The minimum Gasteiger partial charge on any atom is -0.432 e. The van der Waals surface area contributed by atoms with E-state index in [1.165, 1.54) is 11.1 Å². The lowest BCUT2D eigenvalue weighted by Gasteiger charge is -2.32. The van der Waals surface area contributed by atoms with E-state index >= 15 is 0 Å². The van der Waals surface area contributed by atoms with Crippen LogP contribution >= 0.6 is 0 Å². The average Bonchev–Trinajstić information content (AvgIpc) is 3.34. The van der Waals surface area contributed by atoms with Crippen LogP contribution in [-0.4, -0.2) is 49.3 Å². The predicted octanol–water partition coefficient (Wildman–Crippen LogP) is 6.16. The van der Waals surface area contributed by atoms with Gasteiger partial charge in [0.1, 0.15) is 0 Å². The van der Waals surface area contributed by atoms with Crippen molar-refractivity contribution in [2.24, 2.45) is 5.92 Å². The number of carbonyl (C=O) groups excluding carboxylic acids is 2. The first-order valence-electron chi connectivity index (χ1n) is 14.5. The Hall–Kier alpha value is -3.04. The first-order chi connectivity index (χ1) is 19.4. The van der Waals surface area contributed by atoms with Gasteiger partial charge in [0.25, 0.3) is 11.8 Å². The van der Waals surface area contributed by atoms with Crippen LogP contribution in [-0.2, 0) is 15.1 Å². The standard InChI is InChI=1S/C33H44N2O5Si/c1-22(2)11-10-12-23(3)17-19-35-28-16-15-26(34-31(37)25-13-8-7-9-14-25)21-27(28)33(32(35)38)24(4)30(41(5,6)39)29(40-33)18-20-36/h7-9,11,13-17,21,24,29-30,36,39H,10,12,18-20H2,1-6H3,(H,34,37)/b23-17+/t24-,29+,30-,33+/m1/s1. The van der Waals surface area contributed by atoms with Crippen molar-refractivity contribution in [3.05, 3.63) is 83.0 Å². The average molecular weight is 577 g/mol. The van der Waals surface area contributed by atoms with Crippen LogP contribution in [0.15, 0.2) is 71.8 Å². The number of aliphatic hydroxyl groups excluding tert-OH is 1. The molecule has 7 nitrogen and oxygen atoms in total. The van der Waals surface area contributed by atoms with Crippen molar-refractivity contribution in [3.8, 4) is 0 Å². The predicted molar refractivity (Wildman–Crippen MR) is 166 cm³/mol. The Morgan fingerprint density at radius 2 is 1.83 bits per heavy atom. The van der Waals surface area contributed by atoms with Gasteiger partial charge in [0, 0.05) is 41.4 Å². The molecule has 0 unspecified atom stereocenters. The molecule has 220 valence electrons. The zero-order chi connectivity index (χ0) is 29.9. The first kappa shape index (κ1) is 30.9. The van der Waals surface area contributed by atoms with E-state index in [-0.39, 0.29) is 29.9 Å². The molecule has 1 saturated heterocycles. The molecule has 2 aromatic rings. The normalized spacial score (nSPS) is 24.1. The van der Waals surface area contributed by atoms with Gasteiger partial charge in [0.2, 0.25) is 0 Å². The third-order valence-corrected chi connectivity index (χ3v) is 10.9. The number of nitrogens with one attached hydrogen (secondary N) is 1. The number of hydrogen-bond acceptors (Lipinski definition) is 5. The Morgan fingerprint density at radius 1 is 1.12 bits per heavy atom. The second kappa shape index (κ2) is 12.4. The van der Waals surface area contributed by atoms with Gasteiger partial charge in [0.15, 0.2) is 13.9 Å². The molecule has 2 aromatic carbocycles. The summed E-state index contributed by atoms with van der Waals surface area (Å²) in [5.41, 5.74) is 3.46. The number of aliphatic hydroxyl groups is 1. The lowest BCUT2D eigenvalue weighted by Crippen LogP contribution is -2.46. The van der Waals surface area contributed by atoms with Gasteiger partial charge in [0.05, 0.1) is 11.8 Å². The number of allylic oxidation sites excluding steroid dienone is 3. The van der Waals surface area contributed by atoms with Crippen LogP contribution < -0.4 is 10.2 Å². The van der Waals surface area contributed by atoms with Crippen LogP contribution in [0.4, 0.5) is 11.4 Å². The van der Waals surface area contributed by atoms with Crippen LogP contribution in [0.3, 0.4) is 0 Å². The molecule has 41 heavy (non-hydrogen) atoms. The van der Waals surface area contributed by atoms with Crippen LogP contribution in [0, 0.1) is 5.92 Å². The third-order valence-electron chi connectivity index (χ3n) is 8.40. The number of amides is 2. The van der Waals surface area contributed by atoms with E-state index in [0.717, 1.165) is 18.5 Å². The summed E-state index contributed by atoms with van der Waals surface area (Å²) >= 11 is 0. The van der Waals surface area contributed by atoms with Crippen LogP contribution in [0.1, 0.15) is 62.9 Å². The van der Waals surface area contributed by atoms with E-state index < -0.39 is 20.0 Å². The number of rotatable bonds is 10. The Kier molecular flexibility index (Phi) is 9.38. The zero-order valence-electron chi connectivity index (χ0n) is 25.1. The maximum Gasteiger partial charge on any atom is 0.264 e. The molecule has 2 aliphatic heterocycles. The summed E-state index contributed by atoms with van der Waals surface area (Å²) in [6, 6.07) is 14.5. The van der Waals surface area contributed by atoms with E-state index in [9.17, 15) is 19.5 Å². The van der Waals surface area contributed by atoms with Gasteiger partial charge < -0.3 is 24.9 Å². The molecule has 0 aromatic heterocycles. The number of fused-ring (bicyclic) bond motifs is 2. The second-order valence-corrected chi connectivity index (χ2v) is 16.2. The number of anilines is 2. The van der Waals surface area contributed by atoms with Gasteiger partial charge in [-0.2, -0.15) is 0 Å². The Bertz CT molecular complexity index is 1330.